The quantitative estimate of drug-likeness (QED) is 0.786. The highest BCUT2D eigenvalue weighted by atomic mass is 16.2. The van der Waals surface area contributed by atoms with E-state index in [0.717, 1.165) is 18.8 Å². The number of amides is 1. The van der Waals surface area contributed by atoms with Crippen molar-refractivity contribution in [3.8, 4) is 0 Å². The second-order valence-corrected chi connectivity index (χ2v) is 6.71. The summed E-state index contributed by atoms with van der Waals surface area (Å²) in [6.07, 6.45) is 4.41. The third kappa shape index (κ3) is 3.93. The Kier molecular flexibility index (Phi) is 5.22. The van der Waals surface area contributed by atoms with Gasteiger partial charge in [-0.05, 0) is 41.7 Å². The zero-order valence-corrected chi connectivity index (χ0v) is 15.3. The summed E-state index contributed by atoms with van der Waals surface area (Å²) >= 11 is 0. The van der Waals surface area contributed by atoms with E-state index in [9.17, 15) is 4.79 Å². The summed E-state index contributed by atoms with van der Waals surface area (Å²) in [7, 11) is 1.86. The number of likely N-dealkylation sites (N-methyl/N-ethyl adjacent to an activating group) is 1. The van der Waals surface area contributed by atoms with Gasteiger partial charge in [0.15, 0.2) is 0 Å². The topological polar surface area (TPSA) is 23.6 Å². The van der Waals surface area contributed by atoms with Crippen LogP contribution in [0, 0.1) is 0 Å². The number of benzene rings is 2. The fourth-order valence-corrected chi connectivity index (χ4v) is 3.17. The van der Waals surface area contributed by atoms with Crippen molar-refractivity contribution in [3.05, 3.63) is 71.3 Å². The molecule has 0 heterocycles. The second-order valence-electron chi connectivity index (χ2n) is 6.71. The summed E-state index contributed by atoms with van der Waals surface area (Å²) in [5.74, 6) is 0.613. The van der Waals surface area contributed by atoms with Crippen LogP contribution in [-0.4, -0.2) is 30.9 Å². The van der Waals surface area contributed by atoms with E-state index in [1.54, 1.807) is 4.90 Å². The Bertz CT molecular complexity index is 767. The van der Waals surface area contributed by atoms with Gasteiger partial charge in [-0.3, -0.25) is 4.79 Å². The first kappa shape index (κ1) is 17.3. The summed E-state index contributed by atoms with van der Waals surface area (Å²) in [6, 6.07) is 16.9. The predicted octanol–water partition coefficient (Wildman–Crippen LogP) is 4.30. The molecular weight excluding hydrogens is 308 g/mol. The highest BCUT2D eigenvalue weighted by Crippen LogP contribution is 2.32. The number of rotatable bonds is 6. The Hall–Kier alpha value is -2.55. The van der Waals surface area contributed by atoms with Gasteiger partial charge in [-0.15, -0.1) is 0 Å². The number of nitrogens with zero attached hydrogens (tertiary/aromatic N) is 2. The molecule has 0 spiro atoms. The molecule has 1 aliphatic carbocycles. The van der Waals surface area contributed by atoms with Crippen LogP contribution in [0.2, 0.25) is 0 Å². The maximum atomic E-state index is 12.5. The largest absolute Gasteiger partial charge is 0.358 e. The van der Waals surface area contributed by atoms with Crippen LogP contribution in [0.4, 0.5) is 5.69 Å². The number of carbonyl (C=O) groups is 1. The van der Waals surface area contributed by atoms with Crippen molar-refractivity contribution < 1.29 is 4.79 Å². The zero-order valence-electron chi connectivity index (χ0n) is 15.3. The Morgan fingerprint density at radius 2 is 1.88 bits per heavy atom. The number of allylic oxidation sites excluding steroid dienone is 1. The lowest BCUT2D eigenvalue weighted by atomic mass is 10.0. The molecular formula is C22H26N2O. The lowest BCUT2D eigenvalue weighted by molar-refractivity contribution is -0.128. The van der Waals surface area contributed by atoms with Crippen LogP contribution in [-0.2, 0) is 11.3 Å². The molecule has 0 aromatic heterocycles. The van der Waals surface area contributed by atoms with Crippen LogP contribution in [0.5, 0.6) is 0 Å². The summed E-state index contributed by atoms with van der Waals surface area (Å²) in [5, 5.41) is 0. The van der Waals surface area contributed by atoms with E-state index in [1.807, 2.05) is 32.2 Å². The minimum absolute atomic E-state index is 0.142. The normalized spacial score (nSPS) is 15.1. The highest BCUT2D eigenvalue weighted by Gasteiger charge is 2.18. The third-order valence-corrected chi connectivity index (χ3v) is 4.93. The van der Waals surface area contributed by atoms with Crippen LogP contribution in [0.15, 0.2) is 54.6 Å². The number of hydrogen-bond donors (Lipinski definition) is 0. The fraction of sp³-hybridized carbons (Fsp3) is 0.318. The molecule has 1 atom stereocenters. The van der Waals surface area contributed by atoms with Gasteiger partial charge in [0.05, 0.1) is 6.54 Å². The van der Waals surface area contributed by atoms with Gasteiger partial charge in [0.1, 0.15) is 0 Å². The van der Waals surface area contributed by atoms with Gasteiger partial charge < -0.3 is 9.80 Å². The summed E-state index contributed by atoms with van der Waals surface area (Å²) in [4.78, 5) is 16.4. The molecule has 0 N–H and O–H groups in total. The van der Waals surface area contributed by atoms with Gasteiger partial charge in [-0.2, -0.15) is 0 Å². The number of carbonyl (C=O) groups excluding carboxylic acids is 1. The molecule has 3 nitrogen and oxygen atoms in total. The Morgan fingerprint density at radius 1 is 1.12 bits per heavy atom. The minimum Gasteiger partial charge on any atom is -0.358 e. The van der Waals surface area contributed by atoms with E-state index in [1.165, 1.54) is 16.7 Å². The molecule has 0 saturated carbocycles. The fourth-order valence-electron chi connectivity index (χ4n) is 3.17. The van der Waals surface area contributed by atoms with E-state index < -0.39 is 0 Å². The lowest BCUT2D eigenvalue weighted by Gasteiger charge is -2.27. The van der Waals surface area contributed by atoms with Gasteiger partial charge in [0.2, 0.25) is 5.91 Å². The number of fused-ring (bicyclic) bond motifs is 1. The molecule has 130 valence electrons. The molecule has 1 amide bonds. The second kappa shape index (κ2) is 7.56. The monoisotopic (exact) mass is 334 g/mol. The molecule has 1 unspecified atom stereocenters. The number of anilines is 1. The zero-order chi connectivity index (χ0) is 17.8. The Balaban J connectivity index is 1.88. The molecule has 0 saturated heterocycles. The predicted molar refractivity (Wildman–Crippen MR) is 105 cm³/mol. The maximum absolute atomic E-state index is 12.5. The third-order valence-electron chi connectivity index (χ3n) is 4.93. The van der Waals surface area contributed by atoms with Crippen LogP contribution in [0.25, 0.3) is 6.08 Å². The molecule has 25 heavy (non-hydrogen) atoms. The first-order valence-electron chi connectivity index (χ1n) is 8.93. The minimum atomic E-state index is 0.142. The molecule has 0 radical (unpaired) electrons. The van der Waals surface area contributed by atoms with Gasteiger partial charge in [0.25, 0.3) is 0 Å². The van der Waals surface area contributed by atoms with Crippen molar-refractivity contribution in [1.29, 1.82) is 0 Å². The molecule has 0 fully saturated rings. The molecule has 0 bridgehead atoms. The van der Waals surface area contributed by atoms with Crippen molar-refractivity contribution in [2.45, 2.75) is 26.3 Å². The van der Waals surface area contributed by atoms with Crippen molar-refractivity contribution in [2.24, 2.45) is 0 Å². The summed E-state index contributed by atoms with van der Waals surface area (Å²) in [6.45, 7) is 6.05. The van der Waals surface area contributed by atoms with Crippen LogP contribution in [0.1, 0.15) is 36.5 Å². The SMILES string of the molecule is CCN(C)C(=O)CN(Cc1ccccc1)c1ccc2c(c1)C=CC2C. The van der Waals surface area contributed by atoms with Gasteiger partial charge in [0, 0.05) is 25.8 Å². The lowest BCUT2D eigenvalue weighted by Crippen LogP contribution is -2.38. The summed E-state index contributed by atoms with van der Waals surface area (Å²) in [5.41, 5.74) is 4.93. The van der Waals surface area contributed by atoms with Crippen molar-refractivity contribution in [3.63, 3.8) is 0 Å². The molecule has 1 aliphatic rings. The average molecular weight is 334 g/mol. The molecule has 3 rings (SSSR count). The van der Waals surface area contributed by atoms with Crippen molar-refractivity contribution >= 4 is 17.7 Å². The van der Waals surface area contributed by atoms with E-state index in [0.29, 0.717) is 12.5 Å². The Labute approximate surface area is 150 Å². The maximum Gasteiger partial charge on any atom is 0.241 e. The standard InChI is InChI=1S/C22H26N2O/c1-4-23(3)22(25)16-24(15-18-8-6-5-7-9-18)20-12-13-21-17(2)10-11-19(21)14-20/h5-14,17H,4,15-16H2,1-3H3. The highest BCUT2D eigenvalue weighted by molar-refractivity contribution is 5.81. The average Bonchev–Trinajstić information content (AvgIpc) is 3.01. The molecule has 2 aromatic rings. The van der Waals surface area contributed by atoms with Crippen molar-refractivity contribution in [2.75, 3.05) is 25.0 Å². The van der Waals surface area contributed by atoms with E-state index >= 15 is 0 Å². The van der Waals surface area contributed by atoms with E-state index in [2.05, 4.69) is 54.3 Å². The van der Waals surface area contributed by atoms with Crippen LogP contribution in [0.3, 0.4) is 0 Å². The van der Waals surface area contributed by atoms with E-state index in [4.69, 9.17) is 0 Å². The van der Waals surface area contributed by atoms with Gasteiger partial charge in [-0.25, -0.2) is 0 Å². The van der Waals surface area contributed by atoms with Crippen LogP contribution >= 0.6 is 0 Å². The number of hydrogen-bond acceptors (Lipinski definition) is 2. The first-order valence-corrected chi connectivity index (χ1v) is 8.93. The van der Waals surface area contributed by atoms with Gasteiger partial charge >= 0.3 is 0 Å². The van der Waals surface area contributed by atoms with Crippen molar-refractivity contribution in [1.82, 2.24) is 4.90 Å². The van der Waals surface area contributed by atoms with E-state index in [-0.39, 0.29) is 5.91 Å². The molecule has 3 heteroatoms. The van der Waals surface area contributed by atoms with Gasteiger partial charge in [-0.1, -0.05) is 55.5 Å². The molecule has 0 aliphatic heterocycles. The van der Waals surface area contributed by atoms with Crippen LogP contribution < -0.4 is 4.90 Å². The first-order chi connectivity index (χ1) is 12.1. The molecule has 2 aromatic carbocycles. The summed E-state index contributed by atoms with van der Waals surface area (Å²) < 4.78 is 0. The smallest absolute Gasteiger partial charge is 0.241 e. The Morgan fingerprint density at radius 3 is 2.60 bits per heavy atom.